The lowest BCUT2D eigenvalue weighted by Gasteiger charge is -2.19. The summed E-state index contributed by atoms with van der Waals surface area (Å²) in [5.74, 6) is 1.95. The molecule has 0 saturated heterocycles. The van der Waals surface area contributed by atoms with E-state index < -0.39 is 0 Å². The molecule has 2 aromatic heterocycles. The highest BCUT2D eigenvalue weighted by Gasteiger charge is 2.20. The maximum atomic E-state index is 5.55. The third-order valence-electron chi connectivity index (χ3n) is 10.6. The van der Waals surface area contributed by atoms with E-state index in [9.17, 15) is 0 Å². The van der Waals surface area contributed by atoms with Gasteiger partial charge in [0.15, 0.2) is 17.5 Å². The van der Waals surface area contributed by atoms with E-state index in [0.29, 0.717) is 17.5 Å². The fourth-order valence-electron chi connectivity index (χ4n) is 7.92. The minimum atomic E-state index is 0.642. The molecule has 0 bridgehead atoms. The van der Waals surface area contributed by atoms with Crippen LogP contribution in [0, 0.1) is 0 Å². The SMILES string of the molecule is C1=CCCC(c2cc(-c3cccc4ccccc34)c3c4c(cc(-c5ccc(-c6nc(-c7ccccc7)nc(-c7ccccc7)n6)cc5)c3n2)=CCCC=4)=C1. The van der Waals surface area contributed by atoms with E-state index in [1.54, 1.807) is 0 Å². The molecule has 2 aliphatic carbocycles. The average Bonchev–Trinajstić information content (AvgIpc) is 3.26. The summed E-state index contributed by atoms with van der Waals surface area (Å²) in [7, 11) is 0. The van der Waals surface area contributed by atoms with Gasteiger partial charge in [0.2, 0.25) is 0 Å². The maximum absolute atomic E-state index is 5.55. The zero-order valence-electron chi connectivity index (χ0n) is 29.8. The Morgan fingerprint density at radius 3 is 1.80 bits per heavy atom. The predicted molar refractivity (Wildman–Crippen MR) is 224 cm³/mol. The maximum Gasteiger partial charge on any atom is 0.164 e. The second-order valence-electron chi connectivity index (χ2n) is 14.0. The zero-order valence-corrected chi connectivity index (χ0v) is 29.8. The second-order valence-corrected chi connectivity index (χ2v) is 14.0. The van der Waals surface area contributed by atoms with Gasteiger partial charge in [0, 0.05) is 27.6 Å². The molecule has 54 heavy (non-hydrogen) atoms. The van der Waals surface area contributed by atoms with Crippen LogP contribution in [0.15, 0.2) is 158 Å². The van der Waals surface area contributed by atoms with Crippen molar-refractivity contribution in [2.45, 2.75) is 25.7 Å². The average molecular weight is 693 g/mol. The van der Waals surface area contributed by atoms with E-state index in [1.807, 2.05) is 60.7 Å². The topological polar surface area (TPSA) is 51.6 Å². The van der Waals surface area contributed by atoms with Crippen LogP contribution in [0.4, 0.5) is 0 Å². The quantitative estimate of drug-likeness (QED) is 0.174. The monoisotopic (exact) mass is 692 g/mol. The number of fused-ring (bicyclic) bond motifs is 4. The van der Waals surface area contributed by atoms with Crippen LogP contribution in [0.2, 0.25) is 0 Å². The van der Waals surface area contributed by atoms with Crippen molar-refractivity contribution in [1.82, 2.24) is 19.9 Å². The fourth-order valence-corrected chi connectivity index (χ4v) is 7.92. The van der Waals surface area contributed by atoms with E-state index in [1.165, 1.54) is 43.3 Å². The minimum Gasteiger partial charge on any atom is -0.247 e. The standard InChI is InChI=1S/C50H36N4/c1-4-16-35(17-5-1)45-32-44(42-26-14-23-33-15-10-12-24-40(33)42)46-41-25-13-11-22-39(41)31-43(47(46)51-45)34-27-29-38(30-28-34)50-53-48(36-18-6-2-7-19-36)52-49(54-50)37-20-8-3-9-21-37/h1-4,6-10,12,14-16,18-32H,5,11,13,17H2. The van der Waals surface area contributed by atoms with Crippen LogP contribution in [0.25, 0.3) is 95.8 Å². The van der Waals surface area contributed by atoms with Gasteiger partial charge in [-0.3, -0.25) is 0 Å². The summed E-state index contributed by atoms with van der Waals surface area (Å²) >= 11 is 0. The van der Waals surface area contributed by atoms with Crippen molar-refractivity contribution in [3.05, 3.63) is 174 Å². The Kier molecular flexibility index (Phi) is 8.07. The molecular weight excluding hydrogens is 657 g/mol. The van der Waals surface area contributed by atoms with E-state index >= 15 is 0 Å². The number of hydrogen-bond donors (Lipinski definition) is 0. The number of rotatable bonds is 6. The summed E-state index contributed by atoms with van der Waals surface area (Å²) in [5.41, 5.74) is 10.9. The molecule has 0 atom stereocenters. The number of aromatic nitrogens is 4. The van der Waals surface area contributed by atoms with Gasteiger partial charge in [0.1, 0.15) is 0 Å². The highest BCUT2D eigenvalue weighted by molar-refractivity contribution is 6.09. The Bertz CT molecular complexity index is 2850. The Morgan fingerprint density at radius 1 is 0.463 bits per heavy atom. The summed E-state index contributed by atoms with van der Waals surface area (Å²) < 4.78 is 0. The van der Waals surface area contributed by atoms with Crippen molar-refractivity contribution < 1.29 is 0 Å². The largest absolute Gasteiger partial charge is 0.247 e. The van der Waals surface area contributed by atoms with Crippen molar-refractivity contribution >= 4 is 39.4 Å². The Hall–Kier alpha value is -6.78. The van der Waals surface area contributed by atoms with E-state index in [0.717, 1.165) is 64.7 Å². The van der Waals surface area contributed by atoms with Gasteiger partial charge in [0.05, 0.1) is 11.2 Å². The van der Waals surface area contributed by atoms with Gasteiger partial charge in [-0.25, -0.2) is 19.9 Å². The third kappa shape index (κ3) is 5.82. The first kappa shape index (κ1) is 31.9. The molecule has 256 valence electrons. The van der Waals surface area contributed by atoms with Crippen molar-refractivity contribution in [1.29, 1.82) is 0 Å². The first-order valence-electron chi connectivity index (χ1n) is 18.8. The van der Waals surface area contributed by atoms with Crippen molar-refractivity contribution in [3.63, 3.8) is 0 Å². The summed E-state index contributed by atoms with van der Waals surface area (Å²) in [5, 5.41) is 6.25. The van der Waals surface area contributed by atoms with Gasteiger partial charge in [-0.15, -0.1) is 0 Å². The normalized spacial score (nSPS) is 13.6. The number of allylic oxidation sites excluding steroid dienone is 4. The van der Waals surface area contributed by atoms with Crippen LogP contribution in [0.3, 0.4) is 0 Å². The van der Waals surface area contributed by atoms with Gasteiger partial charge in [0.25, 0.3) is 0 Å². The Morgan fingerprint density at radius 2 is 1.09 bits per heavy atom. The van der Waals surface area contributed by atoms with Gasteiger partial charge >= 0.3 is 0 Å². The molecule has 10 rings (SSSR count). The van der Waals surface area contributed by atoms with Crippen LogP contribution in [0.5, 0.6) is 0 Å². The number of pyridine rings is 1. The minimum absolute atomic E-state index is 0.642. The lowest BCUT2D eigenvalue weighted by atomic mass is 9.88. The molecule has 6 aromatic carbocycles. The predicted octanol–water partition coefficient (Wildman–Crippen LogP) is 11.0. The molecule has 0 aliphatic heterocycles. The first-order valence-corrected chi connectivity index (χ1v) is 18.8. The summed E-state index contributed by atoms with van der Waals surface area (Å²) in [4.78, 5) is 20.4. The lowest BCUT2D eigenvalue weighted by molar-refractivity contribution is 1.04. The van der Waals surface area contributed by atoms with Gasteiger partial charge in [-0.1, -0.05) is 158 Å². The molecule has 8 aromatic rings. The molecule has 4 nitrogen and oxygen atoms in total. The van der Waals surface area contributed by atoms with Gasteiger partial charge in [-0.2, -0.15) is 0 Å². The number of nitrogens with zero attached hydrogens (tertiary/aromatic N) is 4. The van der Waals surface area contributed by atoms with E-state index in [-0.39, 0.29) is 0 Å². The van der Waals surface area contributed by atoms with Crippen LogP contribution < -0.4 is 10.4 Å². The number of benzene rings is 6. The fraction of sp³-hybridized carbons (Fsp3) is 0.0800. The molecule has 0 saturated carbocycles. The molecule has 0 radical (unpaired) electrons. The van der Waals surface area contributed by atoms with Gasteiger partial charge in [-0.05, 0) is 81.3 Å². The highest BCUT2D eigenvalue weighted by atomic mass is 15.0. The highest BCUT2D eigenvalue weighted by Crippen LogP contribution is 2.38. The Labute approximate surface area is 314 Å². The third-order valence-corrected chi connectivity index (χ3v) is 10.6. The molecular formula is C50H36N4. The molecule has 2 aliphatic rings. The van der Waals surface area contributed by atoms with Crippen LogP contribution in [0.1, 0.15) is 31.4 Å². The van der Waals surface area contributed by atoms with Crippen LogP contribution in [-0.4, -0.2) is 19.9 Å². The zero-order chi connectivity index (χ0) is 35.8. The summed E-state index contributed by atoms with van der Waals surface area (Å²) in [6.45, 7) is 0. The van der Waals surface area contributed by atoms with E-state index in [2.05, 4.69) is 109 Å². The van der Waals surface area contributed by atoms with Crippen LogP contribution >= 0.6 is 0 Å². The molecule has 0 spiro atoms. The lowest BCUT2D eigenvalue weighted by Crippen LogP contribution is -2.28. The first-order chi connectivity index (χ1) is 26.8. The molecule has 0 fully saturated rings. The Balaban J connectivity index is 1.18. The molecule has 4 heteroatoms. The molecule has 0 amide bonds. The van der Waals surface area contributed by atoms with E-state index in [4.69, 9.17) is 19.9 Å². The van der Waals surface area contributed by atoms with Crippen molar-refractivity contribution in [3.8, 4) is 56.4 Å². The number of hydrogen-bond acceptors (Lipinski definition) is 4. The van der Waals surface area contributed by atoms with Gasteiger partial charge < -0.3 is 0 Å². The summed E-state index contributed by atoms with van der Waals surface area (Å²) in [6.07, 6.45) is 15.5. The smallest absolute Gasteiger partial charge is 0.164 e. The van der Waals surface area contributed by atoms with Crippen molar-refractivity contribution in [2.24, 2.45) is 0 Å². The molecule has 0 N–H and O–H groups in total. The van der Waals surface area contributed by atoms with Crippen molar-refractivity contribution in [2.75, 3.05) is 0 Å². The molecule has 0 unspecified atom stereocenters. The van der Waals surface area contributed by atoms with Crippen LogP contribution in [-0.2, 0) is 0 Å². The second kappa shape index (κ2) is 13.6. The molecule has 2 heterocycles. The summed E-state index contributed by atoms with van der Waals surface area (Å²) in [6, 6.07) is 49.0.